The van der Waals surface area contributed by atoms with E-state index in [1.165, 1.54) is 19.2 Å². The Bertz CT molecular complexity index is 659. The van der Waals surface area contributed by atoms with Crippen molar-refractivity contribution in [3.8, 4) is 0 Å². The Morgan fingerprint density at radius 2 is 2.17 bits per heavy atom. The van der Waals surface area contributed by atoms with Gasteiger partial charge in [-0.2, -0.15) is 0 Å². The van der Waals surface area contributed by atoms with E-state index in [-0.39, 0.29) is 35.3 Å². The molecule has 1 aromatic rings. The van der Waals surface area contributed by atoms with Crippen LogP contribution in [0.25, 0.3) is 0 Å². The highest BCUT2D eigenvalue weighted by atomic mass is 16.6. The van der Waals surface area contributed by atoms with E-state index in [1.54, 1.807) is 11.8 Å². The molecular weight excluding hydrogens is 302 g/mol. The Labute approximate surface area is 133 Å². The van der Waals surface area contributed by atoms with Crippen molar-refractivity contribution in [2.75, 3.05) is 19.4 Å². The van der Waals surface area contributed by atoms with Crippen LogP contribution in [0.5, 0.6) is 0 Å². The van der Waals surface area contributed by atoms with Crippen LogP contribution in [0.1, 0.15) is 35.2 Å². The highest BCUT2D eigenvalue weighted by Gasteiger charge is 2.33. The lowest BCUT2D eigenvalue weighted by molar-refractivity contribution is -0.384. The van der Waals surface area contributed by atoms with Crippen LogP contribution in [-0.2, 0) is 9.53 Å². The van der Waals surface area contributed by atoms with Crippen molar-refractivity contribution in [1.29, 1.82) is 0 Å². The Morgan fingerprint density at radius 3 is 2.78 bits per heavy atom. The van der Waals surface area contributed by atoms with Gasteiger partial charge in [-0.25, -0.2) is 0 Å². The number of rotatable bonds is 4. The van der Waals surface area contributed by atoms with Crippen molar-refractivity contribution >= 4 is 23.3 Å². The number of benzene rings is 1. The first-order chi connectivity index (χ1) is 10.8. The summed E-state index contributed by atoms with van der Waals surface area (Å²) >= 11 is 0. The highest BCUT2D eigenvalue weighted by molar-refractivity contribution is 6.01. The Kier molecular flexibility index (Phi) is 4.83. The first-order valence-electron chi connectivity index (χ1n) is 7.27. The molecule has 8 heteroatoms. The molecule has 0 saturated carbocycles. The van der Waals surface area contributed by atoms with Crippen LogP contribution in [0.3, 0.4) is 0 Å². The van der Waals surface area contributed by atoms with Gasteiger partial charge >= 0.3 is 5.97 Å². The van der Waals surface area contributed by atoms with Gasteiger partial charge in [0.05, 0.1) is 24.0 Å². The molecule has 124 valence electrons. The number of nitro benzene ring substituents is 1. The zero-order valence-electron chi connectivity index (χ0n) is 13.1. The van der Waals surface area contributed by atoms with Gasteiger partial charge in [-0.1, -0.05) is 0 Å². The second kappa shape index (κ2) is 6.64. The van der Waals surface area contributed by atoms with E-state index in [4.69, 9.17) is 5.73 Å². The molecule has 0 spiro atoms. The molecule has 1 aromatic carbocycles. The van der Waals surface area contributed by atoms with Gasteiger partial charge in [-0.05, 0) is 31.4 Å². The van der Waals surface area contributed by atoms with Crippen LogP contribution in [0.2, 0.25) is 0 Å². The fourth-order valence-electron chi connectivity index (χ4n) is 2.85. The quantitative estimate of drug-likeness (QED) is 0.390. The molecule has 0 bridgehead atoms. The summed E-state index contributed by atoms with van der Waals surface area (Å²) in [6.45, 7) is 2.15. The Morgan fingerprint density at radius 1 is 1.48 bits per heavy atom. The summed E-state index contributed by atoms with van der Waals surface area (Å²) in [7, 11) is 1.30. The highest BCUT2D eigenvalue weighted by Crippen LogP contribution is 2.30. The number of nitrogen functional groups attached to an aromatic ring is 1. The van der Waals surface area contributed by atoms with Crippen molar-refractivity contribution in [3.05, 3.63) is 33.4 Å². The summed E-state index contributed by atoms with van der Waals surface area (Å²) in [4.78, 5) is 36.2. The van der Waals surface area contributed by atoms with Crippen molar-refractivity contribution in [2.45, 2.75) is 32.2 Å². The van der Waals surface area contributed by atoms with Gasteiger partial charge < -0.3 is 15.4 Å². The summed E-state index contributed by atoms with van der Waals surface area (Å²) in [6, 6.07) is 2.61. The predicted molar refractivity (Wildman–Crippen MR) is 82.9 cm³/mol. The van der Waals surface area contributed by atoms with E-state index in [9.17, 15) is 19.7 Å². The Hall–Kier alpha value is -2.64. The third kappa shape index (κ3) is 3.41. The lowest BCUT2D eigenvalue weighted by atomic mass is 10.1. The molecule has 1 heterocycles. The molecule has 0 aromatic heterocycles. The zero-order valence-corrected chi connectivity index (χ0v) is 13.1. The lowest BCUT2D eigenvalue weighted by Gasteiger charge is -2.24. The van der Waals surface area contributed by atoms with Crippen LogP contribution >= 0.6 is 0 Å². The minimum atomic E-state index is -0.602. The fraction of sp³-hybridized carbons (Fsp3) is 0.467. The van der Waals surface area contributed by atoms with Gasteiger partial charge in [0.2, 0.25) is 0 Å². The second-order valence-corrected chi connectivity index (χ2v) is 5.58. The zero-order chi connectivity index (χ0) is 17.1. The van der Waals surface area contributed by atoms with E-state index >= 15 is 0 Å². The maximum absolute atomic E-state index is 12.7. The van der Waals surface area contributed by atoms with Crippen LogP contribution < -0.4 is 5.73 Å². The minimum Gasteiger partial charge on any atom is -0.469 e. The lowest BCUT2D eigenvalue weighted by Crippen LogP contribution is -2.37. The number of ether oxygens (including phenoxy) is 1. The number of aryl methyl sites for hydroxylation is 1. The van der Waals surface area contributed by atoms with Crippen molar-refractivity contribution in [2.24, 2.45) is 0 Å². The molecule has 1 fully saturated rings. The minimum absolute atomic E-state index is 0.105. The molecule has 23 heavy (non-hydrogen) atoms. The van der Waals surface area contributed by atoms with E-state index in [2.05, 4.69) is 4.74 Å². The third-order valence-corrected chi connectivity index (χ3v) is 4.00. The number of nitrogens with zero attached hydrogens (tertiary/aromatic N) is 2. The maximum Gasteiger partial charge on any atom is 0.307 e. The summed E-state index contributed by atoms with van der Waals surface area (Å²) in [5, 5.41) is 11.1. The van der Waals surface area contributed by atoms with Crippen LogP contribution in [0.15, 0.2) is 12.1 Å². The first kappa shape index (κ1) is 16.7. The number of anilines is 1. The SMILES string of the molecule is COC(=O)C[C@@H]1CCCN1C(=O)c1cc(C)cc([N+](=O)[O-])c1N. The average Bonchev–Trinajstić information content (AvgIpc) is 2.96. The number of likely N-dealkylation sites (tertiary alicyclic amines) is 1. The molecule has 1 atom stereocenters. The fourth-order valence-corrected chi connectivity index (χ4v) is 2.85. The van der Waals surface area contributed by atoms with Crippen molar-refractivity contribution in [3.63, 3.8) is 0 Å². The van der Waals surface area contributed by atoms with Crippen LogP contribution in [-0.4, -0.2) is 41.4 Å². The maximum atomic E-state index is 12.7. The van der Waals surface area contributed by atoms with E-state index < -0.39 is 10.9 Å². The summed E-state index contributed by atoms with van der Waals surface area (Å²) < 4.78 is 4.65. The number of hydrogen-bond acceptors (Lipinski definition) is 6. The molecule has 2 N–H and O–H groups in total. The number of hydrogen-bond donors (Lipinski definition) is 1. The predicted octanol–water partition coefficient (Wildman–Crippen LogP) is 1.65. The molecule has 0 unspecified atom stereocenters. The van der Waals surface area contributed by atoms with Crippen molar-refractivity contribution < 1.29 is 19.2 Å². The normalized spacial score (nSPS) is 17.1. The van der Waals surface area contributed by atoms with Gasteiger partial charge in [0.15, 0.2) is 0 Å². The standard InChI is InChI=1S/C15H19N3O5/c1-9-6-11(14(16)12(7-9)18(21)22)15(20)17-5-3-4-10(17)8-13(19)23-2/h6-7,10H,3-5,8,16H2,1-2H3/t10-/m0/s1. The van der Waals surface area contributed by atoms with Crippen LogP contribution in [0, 0.1) is 17.0 Å². The molecule has 1 aliphatic rings. The van der Waals surface area contributed by atoms with E-state index in [1.807, 2.05) is 0 Å². The number of carbonyl (C=O) groups is 2. The van der Waals surface area contributed by atoms with Gasteiger partial charge in [-0.15, -0.1) is 0 Å². The smallest absolute Gasteiger partial charge is 0.307 e. The molecule has 1 amide bonds. The number of nitrogens with two attached hydrogens (primary N) is 1. The van der Waals surface area contributed by atoms with E-state index in [0.29, 0.717) is 18.5 Å². The third-order valence-electron chi connectivity index (χ3n) is 4.00. The summed E-state index contributed by atoms with van der Waals surface area (Å²) in [6.07, 6.45) is 1.56. The van der Waals surface area contributed by atoms with Crippen molar-refractivity contribution in [1.82, 2.24) is 4.90 Å². The van der Waals surface area contributed by atoms with Gasteiger partial charge in [0.25, 0.3) is 11.6 Å². The first-order valence-corrected chi connectivity index (χ1v) is 7.27. The average molecular weight is 321 g/mol. The summed E-state index contributed by atoms with van der Waals surface area (Å²) in [5.41, 5.74) is 6.08. The molecule has 0 aliphatic carbocycles. The summed E-state index contributed by atoms with van der Waals surface area (Å²) in [5.74, 6) is -0.779. The number of amides is 1. The Balaban J connectivity index is 2.33. The largest absolute Gasteiger partial charge is 0.469 e. The van der Waals surface area contributed by atoms with Gasteiger partial charge in [0.1, 0.15) is 5.69 Å². The molecule has 2 rings (SSSR count). The molecule has 8 nitrogen and oxygen atoms in total. The molecule has 1 aliphatic heterocycles. The topological polar surface area (TPSA) is 116 Å². The van der Waals surface area contributed by atoms with Gasteiger partial charge in [-0.3, -0.25) is 19.7 Å². The molecule has 0 radical (unpaired) electrons. The van der Waals surface area contributed by atoms with Crippen LogP contribution in [0.4, 0.5) is 11.4 Å². The number of carbonyl (C=O) groups excluding carboxylic acids is 2. The number of nitro groups is 1. The molecule has 1 saturated heterocycles. The monoisotopic (exact) mass is 321 g/mol. The van der Waals surface area contributed by atoms with Gasteiger partial charge in [0, 0.05) is 18.7 Å². The second-order valence-electron chi connectivity index (χ2n) is 5.58. The number of methoxy groups -OCH3 is 1. The number of esters is 1. The van der Waals surface area contributed by atoms with E-state index in [0.717, 1.165) is 6.42 Å². The molecular formula is C15H19N3O5.